The van der Waals surface area contributed by atoms with Gasteiger partial charge < -0.3 is 0 Å². The van der Waals surface area contributed by atoms with E-state index in [1.165, 1.54) is 40.3 Å². The van der Waals surface area contributed by atoms with Crippen LogP contribution in [0.2, 0.25) is 0 Å². The van der Waals surface area contributed by atoms with Crippen molar-refractivity contribution in [3.05, 3.63) is 387 Å². The summed E-state index contributed by atoms with van der Waals surface area (Å²) in [6.07, 6.45) is 0. The van der Waals surface area contributed by atoms with Gasteiger partial charge in [0.15, 0.2) is 0 Å². The number of fused-ring (bicyclic) bond motifs is 6. The van der Waals surface area contributed by atoms with Crippen molar-refractivity contribution >= 4 is 90.9 Å². The summed E-state index contributed by atoms with van der Waals surface area (Å²) in [5, 5.41) is 25.5. The highest BCUT2D eigenvalue weighted by Crippen LogP contribution is 2.43. The topological polar surface area (TPSA) is 47.6 Å². The van der Waals surface area contributed by atoms with Crippen molar-refractivity contribution in [2.75, 3.05) is 0 Å². The molecule has 0 aliphatic heterocycles. The van der Waals surface area contributed by atoms with Gasteiger partial charge in [0.1, 0.15) is 17.7 Å². The third-order valence-corrected chi connectivity index (χ3v) is 18.3. The van der Waals surface area contributed by atoms with E-state index in [1.54, 1.807) is 0 Å². The van der Waals surface area contributed by atoms with Crippen molar-refractivity contribution in [3.63, 3.8) is 0 Å². The molecule has 12 aromatic carbocycles. The van der Waals surface area contributed by atoms with Gasteiger partial charge >= 0.3 is 0 Å². The highest BCUT2D eigenvalue weighted by Gasteiger charge is 2.21. The van der Waals surface area contributed by atoms with Crippen molar-refractivity contribution in [3.8, 4) is 35.8 Å². The second-order valence-electron chi connectivity index (χ2n) is 21.4. The molecule has 0 aliphatic rings. The third kappa shape index (κ3) is 11.1. The Morgan fingerprint density at radius 3 is 0.761 bits per heavy atom. The Bertz CT molecular complexity index is 4850. The molecular formula is C84H50N2S2. The standard InChI is InChI=1S/C84H50N2S2/c85-55-71(56-86)80(65-41-33-57(34-42-65)29-31-59-37-45-67(46-38-59)83(81(61-17-5-1-6-18-61)62-19-7-2-8-20-62)69-49-51-78-74(53-69)72-25-13-15-27-76(72)87-78)66-43-35-58(36-44-66)30-32-60-39-47-68(48-40-60)84(82(63-21-9-3-10-22-63)64-23-11-4-12-24-64)70-50-52-79-75(54-70)73-26-14-16-28-77(73)88-79/h1-28,33-54H. The molecule has 14 rings (SSSR count). The zero-order valence-electron chi connectivity index (χ0n) is 47.6. The van der Waals surface area contributed by atoms with Gasteiger partial charge in [0.25, 0.3) is 0 Å². The second-order valence-corrected chi connectivity index (χ2v) is 23.5. The molecule has 0 saturated heterocycles. The fourth-order valence-corrected chi connectivity index (χ4v) is 13.9. The first-order valence-electron chi connectivity index (χ1n) is 29.1. The van der Waals surface area contributed by atoms with Crippen LogP contribution in [0.3, 0.4) is 0 Å². The molecule has 0 aliphatic carbocycles. The number of allylic oxidation sites excluding steroid dienone is 1. The molecule has 0 unspecified atom stereocenters. The smallest absolute Gasteiger partial charge is 0.138 e. The molecule has 2 nitrogen and oxygen atoms in total. The van der Waals surface area contributed by atoms with Crippen molar-refractivity contribution in [1.82, 2.24) is 0 Å². The molecule has 0 fully saturated rings. The molecule has 0 atom stereocenters. The van der Waals surface area contributed by atoms with E-state index in [0.717, 1.165) is 100 Å². The van der Waals surface area contributed by atoms with Crippen LogP contribution < -0.4 is 0 Å². The minimum Gasteiger partial charge on any atom is -0.192 e. The molecule has 0 amide bonds. The number of thiophene rings is 2. The monoisotopic (exact) mass is 1150 g/mol. The maximum atomic E-state index is 10.2. The van der Waals surface area contributed by atoms with E-state index in [4.69, 9.17) is 0 Å². The molecule has 2 heterocycles. The quantitative estimate of drug-likeness (QED) is 0.0778. The molecule has 4 heteroatoms. The Labute approximate surface area is 520 Å². The van der Waals surface area contributed by atoms with Gasteiger partial charge in [-0.25, -0.2) is 0 Å². The highest BCUT2D eigenvalue weighted by molar-refractivity contribution is 7.26. The van der Waals surface area contributed by atoms with Gasteiger partial charge in [-0.05, 0) is 163 Å². The summed E-state index contributed by atoms with van der Waals surface area (Å²) >= 11 is 3.65. The average Bonchev–Trinajstić information content (AvgIpc) is 2.22. The van der Waals surface area contributed by atoms with Crippen LogP contribution in [0.5, 0.6) is 0 Å². The fraction of sp³-hybridized carbons (Fsp3) is 0. The van der Waals surface area contributed by atoms with E-state index >= 15 is 0 Å². The Morgan fingerprint density at radius 2 is 0.455 bits per heavy atom. The van der Waals surface area contributed by atoms with Crippen LogP contribution in [-0.4, -0.2) is 0 Å². The van der Waals surface area contributed by atoms with Crippen molar-refractivity contribution < 1.29 is 0 Å². The van der Waals surface area contributed by atoms with E-state index in [2.05, 4.69) is 291 Å². The normalized spacial score (nSPS) is 10.8. The number of nitrogens with zero attached hydrogens (tertiary/aromatic N) is 2. The lowest BCUT2D eigenvalue weighted by molar-refractivity contribution is 1.44. The molecule has 0 saturated carbocycles. The minimum absolute atomic E-state index is 0.0252. The SMILES string of the molecule is N#CC(C#N)=C(c1ccc(C#Cc2ccc(C(=C(c3ccccc3)c3ccccc3)c3ccc4sc5ccccc5c4c3)cc2)cc1)c1ccc(C#Cc2ccc(C(=C(c3ccccc3)c3ccccc3)c3ccc4sc5ccccc5c4c3)cc2)cc1. The van der Waals surface area contributed by atoms with Gasteiger partial charge in [-0.15, -0.1) is 22.7 Å². The highest BCUT2D eigenvalue weighted by atomic mass is 32.1. The van der Waals surface area contributed by atoms with Crippen LogP contribution >= 0.6 is 22.7 Å². The van der Waals surface area contributed by atoms with Crippen LogP contribution in [0.15, 0.2) is 309 Å². The molecule has 408 valence electrons. The minimum atomic E-state index is 0.0252. The summed E-state index contributed by atoms with van der Waals surface area (Å²) in [6, 6.07) is 111. The summed E-state index contributed by atoms with van der Waals surface area (Å²) in [6.45, 7) is 0. The number of hydrogen-bond acceptors (Lipinski definition) is 4. The number of nitriles is 2. The summed E-state index contributed by atoms with van der Waals surface area (Å²) in [7, 11) is 0. The lowest BCUT2D eigenvalue weighted by atomic mass is 9.85. The maximum Gasteiger partial charge on any atom is 0.138 e. The number of hydrogen-bond donors (Lipinski definition) is 0. The Morgan fingerprint density at radius 1 is 0.216 bits per heavy atom. The zero-order chi connectivity index (χ0) is 59.2. The second kappa shape index (κ2) is 24.5. The van der Waals surface area contributed by atoms with Crippen LogP contribution in [0.4, 0.5) is 0 Å². The summed E-state index contributed by atoms with van der Waals surface area (Å²) < 4.78 is 5.08. The molecule has 0 spiro atoms. The molecule has 0 bridgehead atoms. The average molecular weight is 1150 g/mol. The van der Waals surface area contributed by atoms with E-state index in [-0.39, 0.29) is 5.57 Å². The first kappa shape index (κ1) is 54.3. The van der Waals surface area contributed by atoms with E-state index in [1.807, 2.05) is 71.2 Å². The Hall–Kier alpha value is -11.6. The number of rotatable bonds is 10. The predicted molar refractivity (Wildman–Crippen MR) is 369 cm³/mol. The van der Waals surface area contributed by atoms with Crippen LogP contribution in [0.1, 0.15) is 77.9 Å². The molecule has 0 N–H and O–H groups in total. The molecule has 88 heavy (non-hydrogen) atoms. The van der Waals surface area contributed by atoms with E-state index < -0.39 is 0 Å². The third-order valence-electron chi connectivity index (χ3n) is 16.0. The summed E-state index contributed by atoms with van der Waals surface area (Å²) in [5.74, 6) is 13.5. The predicted octanol–water partition coefficient (Wildman–Crippen LogP) is 21.1. The molecule has 14 aromatic rings. The maximum absolute atomic E-state index is 10.2. The van der Waals surface area contributed by atoms with Gasteiger partial charge in [0, 0.05) is 68.2 Å². The number of benzene rings is 12. The molecular weight excluding hydrogens is 1100 g/mol. The van der Waals surface area contributed by atoms with E-state index in [9.17, 15) is 10.5 Å². The largest absolute Gasteiger partial charge is 0.192 e. The van der Waals surface area contributed by atoms with Crippen LogP contribution in [0.25, 0.3) is 68.2 Å². The van der Waals surface area contributed by atoms with Crippen molar-refractivity contribution in [2.45, 2.75) is 0 Å². The fourth-order valence-electron chi connectivity index (χ4n) is 11.8. The Kier molecular flexibility index (Phi) is 15.2. The first-order valence-corrected chi connectivity index (χ1v) is 30.7. The van der Waals surface area contributed by atoms with Gasteiger partial charge in [-0.1, -0.05) is 242 Å². The summed E-state index contributed by atoms with van der Waals surface area (Å²) in [4.78, 5) is 0. The zero-order valence-corrected chi connectivity index (χ0v) is 49.2. The van der Waals surface area contributed by atoms with Gasteiger partial charge in [-0.3, -0.25) is 0 Å². The van der Waals surface area contributed by atoms with Crippen molar-refractivity contribution in [2.24, 2.45) is 0 Å². The lowest BCUT2D eigenvalue weighted by Crippen LogP contribution is -1.97. The van der Waals surface area contributed by atoms with Crippen LogP contribution in [-0.2, 0) is 0 Å². The van der Waals surface area contributed by atoms with Crippen molar-refractivity contribution in [1.29, 1.82) is 10.5 Å². The summed E-state index contributed by atoms with van der Waals surface area (Å²) in [5.41, 5.74) is 19.0. The van der Waals surface area contributed by atoms with Gasteiger partial charge in [0.2, 0.25) is 0 Å². The molecule has 2 aromatic heterocycles. The van der Waals surface area contributed by atoms with Crippen LogP contribution in [0, 0.1) is 46.3 Å². The lowest BCUT2D eigenvalue weighted by Gasteiger charge is -2.18. The van der Waals surface area contributed by atoms with E-state index in [0.29, 0.717) is 5.57 Å². The van der Waals surface area contributed by atoms with Gasteiger partial charge in [-0.2, -0.15) is 10.5 Å². The Balaban J connectivity index is 0.734. The first-order chi connectivity index (χ1) is 43.5. The molecule has 0 radical (unpaired) electrons. The van der Waals surface area contributed by atoms with Gasteiger partial charge in [0.05, 0.1) is 0 Å².